The van der Waals surface area contributed by atoms with Gasteiger partial charge in [-0.2, -0.15) is 4.98 Å². The number of fused-ring (bicyclic) bond motifs is 2. The van der Waals surface area contributed by atoms with E-state index in [9.17, 15) is 4.79 Å². The van der Waals surface area contributed by atoms with Gasteiger partial charge >= 0.3 is 6.72 Å². The standard InChI is InChI=1S/C16H21N6O5PS/c1-9(2)26-28(29)24-6-11-10(27-28)5-12(25-11)22-8-17-13-14(22)19-16(20-15(13)23)18-7-21(3)4/h7-8,10-12H,1,5-6H2,2-4H3,(H,19,20,23). The molecular weight excluding hydrogens is 419 g/mol. The summed E-state index contributed by atoms with van der Waals surface area (Å²) < 4.78 is 24.8. The van der Waals surface area contributed by atoms with E-state index in [2.05, 4.69) is 26.5 Å². The first kappa shape index (κ1) is 20.2. The summed E-state index contributed by atoms with van der Waals surface area (Å²) in [5.41, 5.74) is 0.210. The fourth-order valence-corrected chi connectivity index (χ4v) is 5.41. The topological polar surface area (TPSA) is 116 Å². The molecule has 11 nitrogen and oxygen atoms in total. The molecule has 29 heavy (non-hydrogen) atoms. The fourth-order valence-electron chi connectivity index (χ4n) is 3.09. The zero-order valence-corrected chi connectivity index (χ0v) is 17.9. The van der Waals surface area contributed by atoms with Crippen LogP contribution in [0.5, 0.6) is 0 Å². The van der Waals surface area contributed by atoms with E-state index in [1.807, 2.05) is 14.1 Å². The van der Waals surface area contributed by atoms with Crippen LogP contribution in [0.4, 0.5) is 5.95 Å². The van der Waals surface area contributed by atoms with E-state index in [0.29, 0.717) is 17.8 Å². The van der Waals surface area contributed by atoms with Gasteiger partial charge in [0.1, 0.15) is 18.4 Å². The van der Waals surface area contributed by atoms with Gasteiger partial charge in [0.05, 0.1) is 25.0 Å². The Hall–Kier alpha value is -2.11. The maximum absolute atomic E-state index is 12.3. The van der Waals surface area contributed by atoms with Crippen molar-refractivity contribution in [3.05, 3.63) is 29.0 Å². The Morgan fingerprint density at radius 3 is 3.07 bits per heavy atom. The van der Waals surface area contributed by atoms with E-state index in [1.54, 1.807) is 22.7 Å². The number of rotatable bonds is 5. The monoisotopic (exact) mass is 440 g/mol. The second-order valence-corrected chi connectivity index (χ2v) is 9.85. The van der Waals surface area contributed by atoms with Crippen molar-refractivity contribution >= 4 is 42.0 Å². The molecule has 2 aliphatic heterocycles. The number of hydrogen-bond acceptors (Lipinski definition) is 9. The van der Waals surface area contributed by atoms with Crippen LogP contribution >= 0.6 is 6.72 Å². The molecule has 156 valence electrons. The minimum atomic E-state index is -2.89. The molecule has 2 aromatic heterocycles. The third-order valence-corrected chi connectivity index (χ3v) is 6.58. The molecule has 0 amide bonds. The predicted molar refractivity (Wildman–Crippen MR) is 110 cm³/mol. The van der Waals surface area contributed by atoms with Gasteiger partial charge in [0.15, 0.2) is 11.2 Å². The minimum Gasteiger partial charge on any atom is -0.430 e. The highest BCUT2D eigenvalue weighted by molar-refractivity contribution is 8.07. The molecule has 0 spiro atoms. The van der Waals surface area contributed by atoms with E-state index in [1.165, 1.54) is 6.33 Å². The zero-order valence-electron chi connectivity index (χ0n) is 16.1. The third-order valence-electron chi connectivity index (χ3n) is 4.25. The number of aliphatic imine (C=N–C) groups is 1. The number of allylic oxidation sites excluding steroid dienone is 1. The number of aromatic nitrogens is 4. The molecular formula is C16H21N6O5PS. The van der Waals surface area contributed by atoms with E-state index < -0.39 is 12.9 Å². The summed E-state index contributed by atoms with van der Waals surface area (Å²) in [7, 11) is 3.64. The molecule has 0 saturated carbocycles. The summed E-state index contributed by atoms with van der Waals surface area (Å²) in [6.45, 7) is 2.75. The summed E-state index contributed by atoms with van der Waals surface area (Å²) in [6.07, 6.45) is 2.51. The van der Waals surface area contributed by atoms with Crippen LogP contribution in [-0.4, -0.2) is 63.7 Å². The van der Waals surface area contributed by atoms with Crippen LogP contribution in [0.1, 0.15) is 19.6 Å². The van der Waals surface area contributed by atoms with Gasteiger partial charge < -0.3 is 14.2 Å². The van der Waals surface area contributed by atoms with Gasteiger partial charge in [-0.3, -0.25) is 23.4 Å². The Labute approximate surface area is 171 Å². The summed E-state index contributed by atoms with van der Waals surface area (Å²) in [4.78, 5) is 29.4. The van der Waals surface area contributed by atoms with E-state index in [4.69, 9.17) is 30.1 Å². The molecule has 0 aromatic carbocycles. The average Bonchev–Trinajstić information content (AvgIpc) is 3.22. The largest absolute Gasteiger partial charge is 0.430 e. The second-order valence-electron chi connectivity index (χ2n) is 6.97. The maximum atomic E-state index is 12.3. The molecule has 0 bridgehead atoms. The number of ether oxygens (including phenoxy) is 1. The van der Waals surface area contributed by atoms with Gasteiger partial charge in [0, 0.05) is 32.3 Å². The lowest BCUT2D eigenvalue weighted by Gasteiger charge is -2.32. The molecule has 0 radical (unpaired) electrons. The van der Waals surface area contributed by atoms with Crippen LogP contribution in [0.3, 0.4) is 0 Å². The van der Waals surface area contributed by atoms with Crippen molar-refractivity contribution in [3.63, 3.8) is 0 Å². The van der Waals surface area contributed by atoms with Gasteiger partial charge in [-0.25, -0.2) is 9.98 Å². The first-order valence-corrected chi connectivity index (χ1v) is 11.4. The van der Waals surface area contributed by atoms with Crippen molar-refractivity contribution in [2.45, 2.75) is 31.8 Å². The number of aromatic amines is 1. The van der Waals surface area contributed by atoms with Gasteiger partial charge in [-0.1, -0.05) is 6.58 Å². The molecule has 2 aromatic rings. The average molecular weight is 440 g/mol. The number of nitrogens with one attached hydrogen (secondary N) is 1. The number of hydrogen-bond donors (Lipinski definition) is 1. The Bertz CT molecular complexity index is 1080. The lowest BCUT2D eigenvalue weighted by Crippen LogP contribution is -2.33. The second kappa shape index (κ2) is 7.62. The third kappa shape index (κ3) is 4.12. The summed E-state index contributed by atoms with van der Waals surface area (Å²) in [5, 5.41) is 0. The van der Waals surface area contributed by atoms with Crippen LogP contribution in [0.15, 0.2) is 28.5 Å². The first-order valence-electron chi connectivity index (χ1n) is 8.85. The Morgan fingerprint density at radius 2 is 2.34 bits per heavy atom. The van der Waals surface area contributed by atoms with Gasteiger partial charge in [0.25, 0.3) is 5.56 Å². The molecule has 4 heterocycles. The minimum absolute atomic E-state index is 0.179. The summed E-state index contributed by atoms with van der Waals surface area (Å²) >= 11 is 5.39. The molecule has 4 unspecified atom stereocenters. The van der Waals surface area contributed by atoms with Crippen molar-refractivity contribution in [1.29, 1.82) is 0 Å². The number of imidazole rings is 1. The fraction of sp³-hybridized carbons (Fsp3) is 0.500. The van der Waals surface area contributed by atoms with Gasteiger partial charge in [-0.15, -0.1) is 0 Å². The lowest BCUT2D eigenvalue weighted by molar-refractivity contribution is -0.0589. The Kier molecular flexibility index (Phi) is 5.30. The Morgan fingerprint density at radius 1 is 1.55 bits per heavy atom. The van der Waals surface area contributed by atoms with Crippen molar-refractivity contribution < 1.29 is 18.3 Å². The highest BCUT2D eigenvalue weighted by atomic mass is 32.5. The van der Waals surface area contributed by atoms with E-state index >= 15 is 0 Å². The van der Waals surface area contributed by atoms with Crippen LogP contribution < -0.4 is 5.56 Å². The molecule has 2 saturated heterocycles. The van der Waals surface area contributed by atoms with E-state index in [-0.39, 0.29) is 35.8 Å². The Balaban J connectivity index is 1.60. The lowest BCUT2D eigenvalue weighted by atomic mass is 10.2. The van der Waals surface area contributed by atoms with Gasteiger partial charge in [-0.05, 0) is 6.92 Å². The summed E-state index contributed by atoms with van der Waals surface area (Å²) in [6, 6.07) is 0. The SMILES string of the molecule is C=C(C)OP1(=S)OCC2OC(n3cnc4c(=O)[nH]c(N=CN(C)C)nc43)CC2O1. The molecule has 2 fully saturated rings. The van der Waals surface area contributed by atoms with Crippen LogP contribution in [-0.2, 0) is 30.1 Å². The van der Waals surface area contributed by atoms with Crippen molar-refractivity contribution in [3.8, 4) is 0 Å². The highest BCUT2D eigenvalue weighted by Gasteiger charge is 2.46. The predicted octanol–water partition coefficient (Wildman–Crippen LogP) is 1.82. The molecule has 4 rings (SSSR count). The quantitative estimate of drug-likeness (QED) is 0.322. The summed E-state index contributed by atoms with van der Waals surface area (Å²) in [5.74, 6) is 0.621. The first-order chi connectivity index (χ1) is 13.7. The van der Waals surface area contributed by atoms with E-state index in [0.717, 1.165) is 0 Å². The van der Waals surface area contributed by atoms with Gasteiger partial charge in [0.2, 0.25) is 5.95 Å². The van der Waals surface area contributed by atoms with Crippen molar-refractivity contribution in [2.75, 3.05) is 20.7 Å². The van der Waals surface area contributed by atoms with Crippen molar-refractivity contribution in [1.82, 2.24) is 24.4 Å². The maximum Gasteiger partial charge on any atom is 0.380 e. The molecule has 0 aliphatic carbocycles. The molecule has 13 heteroatoms. The van der Waals surface area contributed by atoms with Crippen molar-refractivity contribution in [2.24, 2.45) is 4.99 Å². The number of H-pyrrole nitrogens is 1. The smallest absolute Gasteiger partial charge is 0.380 e. The highest BCUT2D eigenvalue weighted by Crippen LogP contribution is 2.58. The zero-order chi connectivity index (χ0) is 20.8. The normalized spacial score (nSPS) is 29.3. The molecule has 4 atom stereocenters. The van der Waals surface area contributed by atoms with Crippen LogP contribution in [0.2, 0.25) is 0 Å². The van der Waals surface area contributed by atoms with Crippen LogP contribution in [0.25, 0.3) is 11.2 Å². The van der Waals surface area contributed by atoms with Crippen LogP contribution in [0, 0.1) is 0 Å². The molecule has 2 aliphatic rings. The molecule has 1 N–H and O–H groups in total. The number of nitrogens with zero attached hydrogens (tertiary/aromatic N) is 5.